The van der Waals surface area contributed by atoms with Crippen LogP contribution in [0, 0.1) is 31.1 Å². The van der Waals surface area contributed by atoms with Crippen LogP contribution in [0.25, 0.3) is 0 Å². The number of hydrogen-bond acceptors (Lipinski definition) is 3. The van der Waals surface area contributed by atoms with Crippen LogP contribution in [0.15, 0.2) is 61.2 Å². The molecule has 0 N–H and O–H groups in total. The number of carbonyl (C=O) groups excluding carboxylic acids is 3. The maximum atomic E-state index is 13.9. The highest BCUT2D eigenvalue weighted by atomic mass is 16.2. The van der Waals surface area contributed by atoms with Crippen LogP contribution in [0.1, 0.15) is 73.5 Å². The summed E-state index contributed by atoms with van der Waals surface area (Å²) in [6.07, 6.45) is 4.48. The second-order valence-electron chi connectivity index (χ2n) is 11.1. The molecule has 3 atom stereocenters. The Morgan fingerprint density at radius 2 is 1.78 bits per heavy atom. The number of rotatable bonds is 11. The van der Waals surface area contributed by atoms with Crippen LogP contribution in [0.3, 0.4) is 0 Å². The van der Waals surface area contributed by atoms with Gasteiger partial charge < -0.3 is 4.90 Å². The van der Waals surface area contributed by atoms with Gasteiger partial charge in [0.2, 0.25) is 5.91 Å². The number of hydrogen-bond donors (Lipinski definition) is 0. The Morgan fingerprint density at radius 1 is 1.08 bits per heavy atom. The van der Waals surface area contributed by atoms with Crippen LogP contribution in [-0.4, -0.2) is 35.0 Å². The van der Waals surface area contributed by atoms with Crippen LogP contribution in [-0.2, 0) is 16.0 Å². The molecule has 4 heteroatoms. The van der Waals surface area contributed by atoms with Gasteiger partial charge in [-0.05, 0) is 61.1 Å². The van der Waals surface area contributed by atoms with E-state index in [1.165, 1.54) is 0 Å². The highest BCUT2D eigenvalue weighted by molar-refractivity contribution is 5.98. The molecule has 1 heterocycles. The third kappa shape index (κ3) is 6.21. The van der Waals surface area contributed by atoms with Gasteiger partial charge in [0.25, 0.3) is 0 Å². The molecule has 0 radical (unpaired) electrons. The summed E-state index contributed by atoms with van der Waals surface area (Å²) in [4.78, 5) is 42.4. The number of allylic oxidation sites excluding steroid dienone is 1. The lowest BCUT2D eigenvalue weighted by molar-refractivity contribution is -0.143. The fourth-order valence-corrected chi connectivity index (χ4v) is 5.53. The Hall–Kier alpha value is -3.01. The summed E-state index contributed by atoms with van der Waals surface area (Å²) in [5.74, 6) is -0.406. The minimum atomic E-state index is -0.431. The fraction of sp³-hybridized carbons (Fsp3) is 0.469. The number of nitrogens with zero attached hydrogens (tertiary/aromatic N) is 1. The number of carbonyl (C=O) groups is 3. The highest BCUT2D eigenvalue weighted by Gasteiger charge is 2.47. The maximum Gasteiger partial charge on any atom is 0.226 e. The molecule has 0 spiro atoms. The Kier molecular flexibility index (Phi) is 9.05. The molecule has 0 aromatic heterocycles. The van der Waals surface area contributed by atoms with Crippen LogP contribution in [0.5, 0.6) is 0 Å². The number of amides is 1. The predicted octanol–water partition coefficient (Wildman–Crippen LogP) is 6.53. The van der Waals surface area contributed by atoms with Crippen molar-refractivity contribution in [3.63, 3.8) is 0 Å². The Morgan fingerprint density at radius 3 is 2.44 bits per heavy atom. The van der Waals surface area contributed by atoms with Crippen LogP contribution < -0.4 is 0 Å². The summed E-state index contributed by atoms with van der Waals surface area (Å²) in [7, 11) is 0. The van der Waals surface area contributed by atoms with Gasteiger partial charge in [0.05, 0.1) is 6.04 Å². The number of aryl methyl sites for hydroxylation is 1. The molecule has 4 nitrogen and oxygen atoms in total. The van der Waals surface area contributed by atoms with Crippen molar-refractivity contribution in [3.05, 3.63) is 83.4 Å². The zero-order valence-corrected chi connectivity index (χ0v) is 22.5. The molecule has 1 fully saturated rings. The standard InChI is InChI=1S/C32H41NO3/c1-7-8-17-28(34)30-32(5,6)18-19-33(30)31(36)24(4)26(20-25-14-10-9-11-15-25)21-29(35)27-16-12-13-22(2)23(27)3/h7,9-16,24,26,30H,1,8,17-21H2,2-6H3. The molecular weight excluding hydrogens is 446 g/mol. The van der Waals surface area contributed by atoms with Crippen molar-refractivity contribution < 1.29 is 14.4 Å². The van der Waals surface area contributed by atoms with Gasteiger partial charge in [0, 0.05) is 30.9 Å². The second-order valence-corrected chi connectivity index (χ2v) is 11.1. The summed E-state index contributed by atoms with van der Waals surface area (Å²) in [6.45, 7) is 14.4. The molecule has 0 aliphatic carbocycles. The molecule has 0 bridgehead atoms. The summed E-state index contributed by atoms with van der Waals surface area (Å²) in [5.41, 5.74) is 3.65. The van der Waals surface area contributed by atoms with E-state index in [1.807, 2.05) is 69.3 Å². The Balaban J connectivity index is 1.88. The van der Waals surface area contributed by atoms with E-state index in [4.69, 9.17) is 0 Å². The average molecular weight is 488 g/mol. The molecule has 1 aliphatic rings. The molecule has 2 aromatic rings. The van der Waals surface area contributed by atoms with Crippen molar-refractivity contribution in [1.82, 2.24) is 4.90 Å². The van der Waals surface area contributed by atoms with Gasteiger partial charge in [-0.2, -0.15) is 0 Å². The number of likely N-dealkylation sites (tertiary alicyclic amines) is 1. The molecule has 3 rings (SSSR count). The van der Waals surface area contributed by atoms with Crippen molar-refractivity contribution in [2.45, 2.75) is 72.8 Å². The summed E-state index contributed by atoms with van der Waals surface area (Å²) in [6, 6.07) is 15.4. The van der Waals surface area contributed by atoms with Crippen LogP contribution in [0.2, 0.25) is 0 Å². The number of benzene rings is 2. The zero-order chi connectivity index (χ0) is 26.5. The van der Waals surface area contributed by atoms with Crippen molar-refractivity contribution in [2.75, 3.05) is 6.54 Å². The van der Waals surface area contributed by atoms with Gasteiger partial charge in [0.15, 0.2) is 11.6 Å². The minimum Gasteiger partial charge on any atom is -0.332 e. The predicted molar refractivity (Wildman–Crippen MR) is 146 cm³/mol. The molecule has 1 aliphatic heterocycles. The maximum absolute atomic E-state index is 13.9. The van der Waals surface area contributed by atoms with E-state index in [2.05, 4.69) is 20.4 Å². The largest absolute Gasteiger partial charge is 0.332 e. The van der Waals surface area contributed by atoms with E-state index in [-0.39, 0.29) is 34.7 Å². The quantitative estimate of drug-likeness (QED) is 0.267. The lowest BCUT2D eigenvalue weighted by Gasteiger charge is -2.34. The van der Waals surface area contributed by atoms with Crippen LogP contribution >= 0.6 is 0 Å². The van der Waals surface area contributed by atoms with Crippen molar-refractivity contribution in [3.8, 4) is 0 Å². The van der Waals surface area contributed by atoms with E-state index >= 15 is 0 Å². The van der Waals surface area contributed by atoms with E-state index in [1.54, 1.807) is 11.0 Å². The van der Waals surface area contributed by atoms with E-state index in [9.17, 15) is 14.4 Å². The first-order valence-corrected chi connectivity index (χ1v) is 13.1. The lowest BCUT2D eigenvalue weighted by Crippen LogP contribution is -2.49. The van der Waals surface area contributed by atoms with Gasteiger partial charge in [-0.15, -0.1) is 6.58 Å². The van der Waals surface area contributed by atoms with E-state index in [0.717, 1.165) is 28.7 Å². The van der Waals surface area contributed by atoms with Gasteiger partial charge >= 0.3 is 0 Å². The van der Waals surface area contributed by atoms with Gasteiger partial charge in [0.1, 0.15) is 0 Å². The molecule has 2 aromatic carbocycles. The lowest BCUT2D eigenvalue weighted by atomic mass is 9.79. The summed E-state index contributed by atoms with van der Waals surface area (Å²) in [5, 5.41) is 0. The van der Waals surface area contributed by atoms with Gasteiger partial charge in [-0.25, -0.2) is 0 Å². The molecule has 1 amide bonds. The monoisotopic (exact) mass is 487 g/mol. The van der Waals surface area contributed by atoms with Gasteiger partial charge in [-0.1, -0.05) is 75.4 Å². The molecule has 1 saturated heterocycles. The first-order valence-electron chi connectivity index (χ1n) is 13.1. The van der Waals surface area contributed by atoms with Crippen LogP contribution in [0.4, 0.5) is 0 Å². The first kappa shape index (κ1) is 27.6. The topological polar surface area (TPSA) is 54.5 Å². The molecule has 0 saturated carbocycles. The smallest absolute Gasteiger partial charge is 0.226 e. The summed E-state index contributed by atoms with van der Waals surface area (Å²) < 4.78 is 0. The minimum absolute atomic E-state index is 0.0211. The first-order chi connectivity index (χ1) is 17.1. The van der Waals surface area contributed by atoms with E-state index in [0.29, 0.717) is 32.2 Å². The zero-order valence-electron chi connectivity index (χ0n) is 22.5. The average Bonchev–Trinajstić information content (AvgIpc) is 3.18. The third-order valence-electron chi connectivity index (χ3n) is 8.02. The third-order valence-corrected chi connectivity index (χ3v) is 8.02. The Bertz CT molecular complexity index is 1100. The van der Waals surface area contributed by atoms with Crippen molar-refractivity contribution in [2.24, 2.45) is 17.3 Å². The number of ketones is 2. The SMILES string of the molecule is C=CCCC(=O)C1N(C(=O)C(C)C(CC(=O)c2cccc(C)c2C)Cc2ccccc2)CCC1(C)C. The van der Waals surface area contributed by atoms with Crippen molar-refractivity contribution in [1.29, 1.82) is 0 Å². The molecular formula is C32H41NO3. The molecule has 36 heavy (non-hydrogen) atoms. The van der Waals surface area contributed by atoms with Gasteiger partial charge in [-0.3, -0.25) is 14.4 Å². The normalized spacial score (nSPS) is 18.5. The Labute approximate surface area is 216 Å². The highest BCUT2D eigenvalue weighted by Crippen LogP contribution is 2.39. The molecule has 3 unspecified atom stereocenters. The fourth-order valence-electron chi connectivity index (χ4n) is 5.53. The second kappa shape index (κ2) is 11.8. The number of Topliss-reactive ketones (excluding diaryl/α,β-unsaturated/α-hetero) is 2. The summed E-state index contributed by atoms with van der Waals surface area (Å²) >= 11 is 0. The van der Waals surface area contributed by atoms with E-state index < -0.39 is 6.04 Å². The van der Waals surface area contributed by atoms with Crippen molar-refractivity contribution >= 4 is 17.5 Å². The molecule has 192 valence electrons.